The predicted molar refractivity (Wildman–Crippen MR) is 175 cm³/mol. The maximum Gasteiger partial charge on any atom is 0.127 e. The number of benzene rings is 6. The van der Waals surface area contributed by atoms with Crippen LogP contribution in [0.1, 0.15) is 0 Å². The molecule has 6 aromatic rings. The second-order valence-electron chi connectivity index (χ2n) is 9.83. The van der Waals surface area contributed by atoms with Gasteiger partial charge in [0.05, 0.1) is 14.2 Å². The van der Waals surface area contributed by atoms with Crippen LogP contribution in [-0.4, -0.2) is 14.2 Å². The Balaban J connectivity index is 1.25. The Bertz CT molecular complexity index is 1620. The summed E-state index contributed by atoms with van der Waals surface area (Å²) in [4.78, 5) is 4.38. The average molecular weight is 565 g/mol. The van der Waals surface area contributed by atoms with Crippen molar-refractivity contribution in [2.24, 2.45) is 0 Å². The Labute approximate surface area is 252 Å². The van der Waals surface area contributed by atoms with Gasteiger partial charge >= 0.3 is 0 Å². The summed E-state index contributed by atoms with van der Waals surface area (Å²) in [6, 6.07) is 52.9. The molecular formula is C38H32N2O3. The number of rotatable bonds is 10. The molecule has 0 N–H and O–H groups in total. The zero-order valence-electron chi connectivity index (χ0n) is 24.1. The van der Waals surface area contributed by atoms with Gasteiger partial charge in [0, 0.05) is 46.3 Å². The molecule has 6 rings (SSSR count). The van der Waals surface area contributed by atoms with Crippen molar-refractivity contribution in [3.8, 4) is 23.0 Å². The van der Waals surface area contributed by atoms with Gasteiger partial charge in [-0.05, 0) is 97.1 Å². The van der Waals surface area contributed by atoms with Crippen LogP contribution in [0.2, 0.25) is 0 Å². The molecule has 0 aliphatic carbocycles. The molecule has 0 aromatic heterocycles. The fraction of sp³-hybridized carbons (Fsp3) is 0.0526. The number of hydrogen-bond acceptors (Lipinski definition) is 5. The number of anilines is 6. The first-order valence-corrected chi connectivity index (χ1v) is 14.1. The molecule has 43 heavy (non-hydrogen) atoms. The van der Waals surface area contributed by atoms with Crippen molar-refractivity contribution >= 4 is 34.1 Å². The largest absolute Gasteiger partial charge is 0.497 e. The van der Waals surface area contributed by atoms with Crippen molar-refractivity contribution in [3.63, 3.8) is 0 Å². The molecule has 0 radical (unpaired) electrons. The van der Waals surface area contributed by atoms with Crippen molar-refractivity contribution in [2.75, 3.05) is 24.0 Å². The van der Waals surface area contributed by atoms with E-state index in [0.717, 1.165) is 57.1 Å². The molecule has 0 unspecified atom stereocenters. The van der Waals surface area contributed by atoms with Gasteiger partial charge in [0.15, 0.2) is 0 Å². The first-order valence-electron chi connectivity index (χ1n) is 14.1. The van der Waals surface area contributed by atoms with E-state index in [-0.39, 0.29) is 0 Å². The van der Waals surface area contributed by atoms with Crippen LogP contribution in [0.3, 0.4) is 0 Å². The van der Waals surface area contributed by atoms with Crippen LogP contribution in [0.5, 0.6) is 23.0 Å². The minimum Gasteiger partial charge on any atom is -0.497 e. The van der Waals surface area contributed by atoms with Gasteiger partial charge < -0.3 is 24.0 Å². The zero-order valence-corrected chi connectivity index (χ0v) is 24.1. The highest BCUT2D eigenvalue weighted by Gasteiger charge is 2.15. The highest BCUT2D eigenvalue weighted by molar-refractivity contribution is 5.78. The lowest BCUT2D eigenvalue weighted by Gasteiger charge is -2.26. The van der Waals surface area contributed by atoms with Gasteiger partial charge in [-0.1, -0.05) is 48.5 Å². The number of nitrogens with zero attached hydrogens (tertiary/aromatic N) is 2. The van der Waals surface area contributed by atoms with Gasteiger partial charge in [-0.2, -0.15) is 0 Å². The quantitative estimate of drug-likeness (QED) is 0.165. The monoisotopic (exact) mass is 564 g/mol. The van der Waals surface area contributed by atoms with E-state index in [1.807, 2.05) is 97.1 Å². The van der Waals surface area contributed by atoms with Crippen molar-refractivity contribution in [2.45, 2.75) is 0 Å². The smallest absolute Gasteiger partial charge is 0.127 e. The van der Waals surface area contributed by atoms with E-state index < -0.39 is 0 Å². The molecule has 5 heteroatoms. The summed E-state index contributed by atoms with van der Waals surface area (Å²) in [5.41, 5.74) is 6.15. The number of ether oxygens (including phenoxy) is 3. The summed E-state index contributed by atoms with van der Waals surface area (Å²) < 4.78 is 17.2. The second-order valence-corrected chi connectivity index (χ2v) is 9.83. The number of hydrogen-bond donors (Lipinski definition) is 0. The lowest BCUT2D eigenvalue weighted by atomic mass is 10.1. The van der Waals surface area contributed by atoms with Crippen molar-refractivity contribution < 1.29 is 14.2 Å². The fourth-order valence-corrected chi connectivity index (χ4v) is 5.01. The van der Waals surface area contributed by atoms with Crippen LogP contribution >= 0.6 is 0 Å². The van der Waals surface area contributed by atoms with E-state index in [4.69, 9.17) is 14.2 Å². The Morgan fingerprint density at radius 2 is 0.674 bits per heavy atom. The number of methoxy groups -OCH3 is 2. The van der Waals surface area contributed by atoms with Gasteiger partial charge in [-0.25, -0.2) is 0 Å². The van der Waals surface area contributed by atoms with Crippen LogP contribution in [-0.2, 0) is 0 Å². The van der Waals surface area contributed by atoms with E-state index >= 15 is 0 Å². The summed E-state index contributed by atoms with van der Waals surface area (Å²) in [6.07, 6.45) is 0. The fourth-order valence-electron chi connectivity index (χ4n) is 5.01. The van der Waals surface area contributed by atoms with Crippen LogP contribution in [0, 0.1) is 0 Å². The third kappa shape index (κ3) is 6.31. The molecule has 5 nitrogen and oxygen atoms in total. The third-order valence-electron chi connectivity index (χ3n) is 7.08. The molecule has 0 amide bonds. The molecule has 0 aliphatic rings. The highest BCUT2D eigenvalue weighted by Crippen LogP contribution is 2.39. The van der Waals surface area contributed by atoms with Crippen LogP contribution < -0.4 is 24.0 Å². The maximum absolute atomic E-state index is 6.27. The molecule has 0 aliphatic heterocycles. The number of para-hydroxylation sites is 2. The molecule has 212 valence electrons. The maximum atomic E-state index is 6.27. The Morgan fingerprint density at radius 3 is 1.05 bits per heavy atom. The molecule has 0 bridgehead atoms. The van der Waals surface area contributed by atoms with Gasteiger partial charge in [0.25, 0.3) is 0 Å². The average Bonchev–Trinajstić information content (AvgIpc) is 3.08. The first-order chi connectivity index (χ1) is 21.2. The van der Waals surface area contributed by atoms with Crippen molar-refractivity contribution in [1.29, 1.82) is 0 Å². The third-order valence-corrected chi connectivity index (χ3v) is 7.08. The molecular weight excluding hydrogens is 532 g/mol. The van der Waals surface area contributed by atoms with Gasteiger partial charge in [0.1, 0.15) is 23.0 Å². The van der Waals surface area contributed by atoms with Gasteiger partial charge in [-0.15, -0.1) is 0 Å². The van der Waals surface area contributed by atoms with Gasteiger partial charge in [0.2, 0.25) is 0 Å². The molecule has 0 spiro atoms. The van der Waals surface area contributed by atoms with Gasteiger partial charge in [-0.3, -0.25) is 0 Å². The summed E-state index contributed by atoms with van der Waals surface area (Å²) in [7, 11) is 3.37. The SMILES string of the molecule is COc1cccc(N(c2ccccc2)c2ccc(Oc3ccc(N(c4ccccc4)c4cccc(OC)c4)cc3)cc2)c1. The Morgan fingerprint density at radius 1 is 0.326 bits per heavy atom. The summed E-state index contributed by atoms with van der Waals surface area (Å²) in [5, 5.41) is 0. The second kappa shape index (κ2) is 12.9. The molecule has 0 saturated heterocycles. The minimum atomic E-state index is 0.753. The summed E-state index contributed by atoms with van der Waals surface area (Å²) >= 11 is 0. The molecule has 0 atom stereocenters. The molecule has 0 heterocycles. The predicted octanol–water partition coefficient (Wildman–Crippen LogP) is 10.4. The molecule has 0 fully saturated rings. The van der Waals surface area contributed by atoms with E-state index in [2.05, 4.69) is 70.5 Å². The zero-order chi connectivity index (χ0) is 29.4. The Hall–Kier alpha value is -5.68. The standard InChI is InChI=1S/C38H32N2O3/c1-41-37-17-9-15-33(27-37)39(29-11-5-3-6-12-29)31-19-23-35(24-20-31)43-36-25-21-32(22-26-36)40(30-13-7-4-8-14-30)34-16-10-18-38(28-34)42-2/h3-28H,1-2H3. The topological polar surface area (TPSA) is 34.2 Å². The van der Waals surface area contributed by atoms with E-state index in [1.54, 1.807) is 14.2 Å². The van der Waals surface area contributed by atoms with Crippen molar-refractivity contribution in [3.05, 3.63) is 158 Å². The lowest BCUT2D eigenvalue weighted by Crippen LogP contribution is -2.10. The summed E-state index contributed by atoms with van der Waals surface area (Å²) in [6.45, 7) is 0. The van der Waals surface area contributed by atoms with Crippen LogP contribution in [0.15, 0.2) is 158 Å². The normalized spacial score (nSPS) is 10.6. The molecule has 0 saturated carbocycles. The van der Waals surface area contributed by atoms with E-state index in [0.29, 0.717) is 0 Å². The van der Waals surface area contributed by atoms with E-state index in [9.17, 15) is 0 Å². The summed E-state index contributed by atoms with van der Waals surface area (Å²) in [5.74, 6) is 3.11. The molecule has 6 aromatic carbocycles. The first kappa shape index (κ1) is 27.5. The van der Waals surface area contributed by atoms with Crippen LogP contribution in [0.25, 0.3) is 0 Å². The Kier molecular flexibility index (Phi) is 8.23. The highest BCUT2D eigenvalue weighted by atomic mass is 16.5. The van der Waals surface area contributed by atoms with Crippen molar-refractivity contribution in [1.82, 2.24) is 0 Å². The lowest BCUT2D eigenvalue weighted by molar-refractivity contribution is 0.415. The van der Waals surface area contributed by atoms with Crippen LogP contribution in [0.4, 0.5) is 34.1 Å². The van der Waals surface area contributed by atoms with E-state index in [1.165, 1.54) is 0 Å². The minimum absolute atomic E-state index is 0.753.